The summed E-state index contributed by atoms with van der Waals surface area (Å²) >= 11 is 0. The van der Waals surface area contributed by atoms with Gasteiger partial charge in [0.15, 0.2) is 0 Å². The van der Waals surface area contributed by atoms with E-state index in [4.69, 9.17) is 4.74 Å². The van der Waals surface area contributed by atoms with Gasteiger partial charge in [0.25, 0.3) is 0 Å². The molecule has 22 heavy (non-hydrogen) atoms. The minimum absolute atomic E-state index is 0.109. The van der Waals surface area contributed by atoms with Crippen LogP contribution < -0.4 is 4.74 Å². The minimum Gasteiger partial charge on any atom is -0.497 e. The van der Waals surface area contributed by atoms with Gasteiger partial charge in [-0.05, 0) is 68.6 Å². The van der Waals surface area contributed by atoms with Crippen molar-refractivity contribution in [3.63, 3.8) is 0 Å². The van der Waals surface area contributed by atoms with Gasteiger partial charge in [-0.2, -0.15) is 0 Å². The fourth-order valence-electron chi connectivity index (χ4n) is 4.43. The molecule has 0 aliphatic heterocycles. The Bertz CT molecular complexity index is 539. The SMILES string of the molecule is COc1cccc(CC[C@]2(O)CCC[C@H]3C(=O)CCC[C@@H]32)c1. The van der Waals surface area contributed by atoms with Crippen LogP contribution in [0.2, 0.25) is 0 Å². The van der Waals surface area contributed by atoms with Gasteiger partial charge < -0.3 is 9.84 Å². The third kappa shape index (κ3) is 3.05. The standard InChI is InChI=1S/C19H26O3/c1-22-15-6-2-5-14(13-15)10-12-19(21)11-4-7-16-17(19)8-3-9-18(16)20/h2,5-6,13,16-17,21H,3-4,7-12H2,1H3/t16-,17+,19-/m1/s1. The summed E-state index contributed by atoms with van der Waals surface area (Å²) in [5.74, 6) is 1.53. The first kappa shape index (κ1) is 15.5. The van der Waals surface area contributed by atoms with Gasteiger partial charge in [0, 0.05) is 12.3 Å². The van der Waals surface area contributed by atoms with Gasteiger partial charge >= 0.3 is 0 Å². The van der Waals surface area contributed by atoms with E-state index < -0.39 is 5.60 Å². The number of carbonyl (C=O) groups is 1. The van der Waals surface area contributed by atoms with Gasteiger partial charge in [-0.25, -0.2) is 0 Å². The molecule has 0 radical (unpaired) electrons. The van der Waals surface area contributed by atoms with Crippen LogP contribution in [0.4, 0.5) is 0 Å². The molecular weight excluding hydrogens is 276 g/mol. The molecule has 1 aromatic carbocycles. The second-order valence-electron chi connectivity index (χ2n) is 6.92. The molecule has 0 bridgehead atoms. The molecule has 0 amide bonds. The molecule has 0 aromatic heterocycles. The maximum atomic E-state index is 12.1. The number of ketones is 1. The Morgan fingerprint density at radius 3 is 3.00 bits per heavy atom. The highest BCUT2D eigenvalue weighted by Gasteiger charge is 2.47. The molecule has 3 nitrogen and oxygen atoms in total. The number of ether oxygens (including phenoxy) is 1. The molecule has 120 valence electrons. The average molecular weight is 302 g/mol. The number of benzene rings is 1. The molecule has 2 aliphatic rings. The number of aryl methyl sites for hydroxylation is 1. The summed E-state index contributed by atoms with van der Waals surface area (Å²) in [5, 5.41) is 11.2. The van der Waals surface area contributed by atoms with Gasteiger partial charge in [-0.3, -0.25) is 4.79 Å². The highest BCUT2D eigenvalue weighted by atomic mass is 16.5. The van der Waals surface area contributed by atoms with E-state index in [-0.39, 0.29) is 11.8 Å². The number of aliphatic hydroxyl groups is 1. The van der Waals surface area contributed by atoms with E-state index in [1.165, 1.54) is 5.56 Å². The van der Waals surface area contributed by atoms with Crippen LogP contribution in [0.3, 0.4) is 0 Å². The molecule has 0 unspecified atom stereocenters. The molecule has 0 spiro atoms. The Morgan fingerprint density at radius 2 is 2.18 bits per heavy atom. The summed E-state index contributed by atoms with van der Waals surface area (Å²) in [6, 6.07) is 8.05. The van der Waals surface area contributed by atoms with E-state index in [1.54, 1.807) is 7.11 Å². The Balaban J connectivity index is 1.70. The third-order valence-corrected chi connectivity index (χ3v) is 5.63. The summed E-state index contributed by atoms with van der Waals surface area (Å²) in [6.45, 7) is 0. The normalized spacial score (nSPS) is 31.6. The van der Waals surface area contributed by atoms with Crippen molar-refractivity contribution in [2.45, 2.75) is 57.0 Å². The lowest BCUT2D eigenvalue weighted by Gasteiger charge is -2.46. The number of methoxy groups -OCH3 is 1. The fourth-order valence-corrected chi connectivity index (χ4v) is 4.43. The Morgan fingerprint density at radius 1 is 1.32 bits per heavy atom. The first-order valence-electron chi connectivity index (χ1n) is 8.50. The molecule has 3 atom stereocenters. The van der Waals surface area contributed by atoms with Crippen LogP contribution in [0.15, 0.2) is 24.3 Å². The number of rotatable bonds is 4. The second kappa shape index (κ2) is 6.41. The molecule has 2 saturated carbocycles. The molecule has 1 N–H and O–H groups in total. The first-order valence-corrected chi connectivity index (χ1v) is 8.50. The molecule has 2 aliphatic carbocycles. The molecular formula is C19H26O3. The average Bonchev–Trinajstić information content (AvgIpc) is 2.55. The van der Waals surface area contributed by atoms with Crippen LogP contribution in [-0.2, 0) is 11.2 Å². The van der Waals surface area contributed by atoms with Gasteiger partial charge in [0.05, 0.1) is 12.7 Å². The summed E-state index contributed by atoms with van der Waals surface area (Å²) in [4.78, 5) is 12.1. The van der Waals surface area contributed by atoms with E-state index >= 15 is 0 Å². The van der Waals surface area contributed by atoms with Gasteiger partial charge in [-0.15, -0.1) is 0 Å². The predicted octanol–water partition coefficient (Wildman–Crippen LogP) is 3.53. The number of hydrogen-bond donors (Lipinski definition) is 1. The van der Waals surface area contributed by atoms with E-state index in [1.807, 2.05) is 18.2 Å². The number of fused-ring (bicyclic) bond motifs is 1. The van der Waals surface area contributed by atoms with E-state index in [2.05, 4.69) is 6.07 Å². The lowest BCUT2D eigenvalue weighted by atomic mass is 9.61. The Hall–Kier alpha value is -1.35. The van der Waals surface area contributed by atoms with Gasteiger partial charge in [-0.1, -0.05) is 12.1 Å². The maximum Gasteiger partial charge on any atom is 0.136 e. The van der Waals surface area contributed by atoms with E-state index in [9.17, 15) is 9.90 Å². The van der Waals surface area contributed by atoms with Crippen LogP contribution in [0.1, 0.15) is 50.5 Å². The molecule has 0 heterocycles. The monoisotopic (exact) mass is 302 g/mol. The minimum atomic E-state index is -0.665. The number of hydrogen-bond acceptors (Lipinski definition) is 3. The molecule has 3 heteroatoms. The largest absolute Gasteiger partial charge is 0.497 e. The van der Waals surface area contributed by atoms with Crippen molar-refractivity contribution in [1.82, 2.24) is 0 Å². The van der Waals surface area contributed by atoms with Crippen LogP contribution in [-0.4, -0.2) is 23.6 Å². The molecule has 2 fully saturated rings. The van der Waals surface area contributed by atoms with Crippen LogP contribution in [0.5, 0.6) is 5.75 Å². The van der Waals surface area contributed by atoms with Crippen molar-refractivity contribution < 1.29 is 14.6 Å². The fraction of sp³-hybridized carbons (Fsp3) is 0.632. The lowest BCUT2D eigenvalue weighted by molar-refractivity contribution is -0.142. The Labute approximate surface area is 132 Å². The summed E-state index contributed by atoms with van der Waals surface area (Å²) in [7, 11) is 1.67. The summed E-state index contributed by atoms with van der Waals surface area (Å²) in [5.41, 5.74) is 0.527. The number of carbonyl (C=O) groups excluding carboxylic acids is 1. The van der Waals surface area contributed by atoms with E-state index in [0.29, 0.717) is 12.2 Å². The van der Waals surface area contributed by atoms with Crippen LogP contribution in [0, 0.1) is 11.8 Å². The van der Waals surface area contributed by atoms with Crippen molar-refractivity contribution in [2.75, 3.05) is 7.11 Å². The number of Topliss-reactive ketones (excluding diaryl/α,β-unsaturated/α-hetero) is 1. The zero-order valence-corrected chi connectivity index (χ0v) is 13.4. The maximum absolute atomic E-state index is 12.1. The van der Waals surface area contributed by atoms with Crippen molar-refractivity contribution in [2.24, 2.45) is 11.8 Å². The highest BCUT2D eigenvalue weighted by Crippen LogP contribution is 2.46. The van der Waals surface area contributed by atoms with Gasteiger partial charge in [0.1, 0.15) is 11.5 Å². The molecule has 3 rings (SSSR count). The van der Waals surface area contributed by atoms with E-state index in [0.717, 1.165) is 50.7 Å². The zero-order valence-electron chi connectivity index (χ0n) is 13.4. The predicted molar refractivity (Wildman–Crippen MR) is 86.0 cm³/mol. The van der Waals surface area contributed by atoms with Crippen LogP contribution in [0.25, 0.3) is 0 Å². The summed E-state index contributed by atoms with van der Waals surface area (Å²) < 4.78 is 5.26. The lowest BCUT2D eigenvalue weighted by Crippen LogP contribution is -2.49. The van der Waals surface area contributed by atoms with Gasteiger partial charge in [0.2, 0.25) is 0 Å². The van der Waals surface area contributed by atoms with Crippen molar-refractivity contribution in [3.05, 3.63) is 29.8 Å². The first-order chi connectivity index (χ1) is 10.6. The third-order valence-electron chi connectivity index (χ3n) is 5.63. The molecule has 0 saturated heterocycles. The van der Waals surface area contributed by atoms with Crippen molar-refractivity contribution in [3.8, 4) is 5.75 Å². The van der Waals surface area contributed by atoms with Crippen LogP contribution >= 0.6 is 0 Å². The highest BCUT2D eigenvalue weighted by molar-refractivity contribution is 5.82. The quantitative estimate of drug-likeness (QED) is 0.925. The molecule has 1 aromatic rings. The second-order valence-corrected chi connectivity index (χ2v) is 6.92. The summed E-state index contributed by atoms with van der Waals surface area (Å²) in [6.07, 6.45) is 7.04. The van der Waals surface area contributed by atoms with Crippen molar-refractivity contribution in [1.29, 1.82) is 0 Å². The Kier molecular flexibility index (Phi) is 4.53. The smallest absolute Gasteiger partial charge is 0.136 e. The topological polar surface area (TPSA) is 46.5 Å². The zero-order chi connectivity index (χ0) is 15.6. The van der Waals surface area contributed by atoms with Crippen molar-refractivity contribution >= 4 is 5.78 Å².